The van der Waals surface area contributed by atoms with Gasteiger partial charge in [0.25, 0.3) is 5.91 Å². The summed E-state index contributed by atoms with van der Waals surface area (Å²) in [6.45, 7) is 0. The maximum Gasteiger partial charge on any atom is 0.253 e. The first-order valence-electron chi connectivity index (χ1n) is 6.80. The molecule has 1 aliphatic carbocycles. The molecule has 0 saturated carbocycles. The van der Waals surface area contributed by atoms with Crippen molar-refractivity contribution in [3.05, 3.63) is 41.2 Å². The first-order valence-corrected chi connectivity index (χ1v) is 6.80. The van der Waals surface area contributed by atoms with Gasteiger partial charge >= 0.3 is 0 Å². The van der Waals surface area contributed by atoms with Gasteiger partial charge < -0.3 is 10.0 Å². The van der Waals surface area contributed by atoms with Crippen LogP contribution < -0.4 is 0 Å². The summed E-state index contributed by atoms with van der Waals surface area (Å²) in [5.41, 5.74) is 1.49. The van der Waals surface area contributed by atoms with Gasteiger partial charge in [0.05, 0.1) is 11.3 Å². The molecular formula is C16H18N2O3. The third-order valence-corrected chi connectivity index (χ3v) is 3.29. The molecule has 2 rings (SSSR count). The van der Waals surface area contributed by atoms with Crippen LogP contribution in [0, 0.1) is 0 Å². The van der Waals surface area contributed by atoms with Crippen LogP contribution in [-0.4, -0.2) is 42.0 Å². The molecule has 0 bridgehead atoms. The minimum absolute atomic E-state index is 0.0756. The van der Waals surface area contributed by atoms with Crippen LogP contribution in [-0.2, 0) is 4.79 Å². The van der Waals surface area contributed by atoms with Gasteiger partial charge in [0, 0.05) is 38.7 Å². The fourth-order valence-corrected chi connectivity index (χ4v) is 2.08. The Morgan fingerprint density at radius 3 is 2.48 bits per heavy atom. The molecule has 0 heterocycles. The van der Waals surface area contributed by atoms with Gasteiger partial charge in [0.15, 0.2) is 5.78 Å². The standard InChI is InChI=1S/C16H18N2O3/c1-18(2)16(21)11-6-8-12(9-7-11)17-10-13-14(19)4-3-5-15(13)20/h6-10,19H,3-5H2,1-2H3. The SMILES string of the molecule is CN(C)C(=O)c1ccc(N=CC2=C(O)CCCC2=O)cc1. The summed E-state index contributed by atoms with van der Waals surface area (Å²) in [7, 11) is 3.39. The highest BCUT2D eigenvalue weighted by molar-refractivity contribution is 6.14. The Bertz CT molecular complexity index is 613. The number of nitrogens with zero attached hydrogens (tertiary/aromatic N) is 2. The normalized spacial score (nSPS) is 15.6. The molecule has 0 fully saturated rings. The van der Waals surface area contributed by atoms with Crippen molar-refractivity contribution in [2.45, 2.75) is 19.3 Å². The second-order valence-corrected chi connectivity index (χ2v) is 5.14. The van der Waals surface area contributed by atoms with E-state index in [1.54, 1.807) is 38.4 Å². The fourth-order valence-electron chi connectivity index (χ4n) is 2.08. The van der Waals surface area contributed by atoms with E-state index in [-0.39, 0.29) is 23.0 Å². The van der Waals surface area contributed by atoms with E-state index >= 15 is 0 Å². The summed E-state index contributed by atoms with van der Waals surface area (Å²) in [4.78, 5) is 29.1. The van der Waals surface area contributed by atoms with E-state index in [9.17, 15) is 14.7 Å². The average molecular weight is 286 g/mol. The number of ketones is 1. The van der Waals surface area contributed by atoms with Gasteiger partial charge in [-0.1, -0.05) is 0 Å². The van der Waals surface area contributed by atoms with E-state index in [0.717, 1.165) is 0 Å². The molecule has 0 saturated heterocycles. The second-order valence-electron chi connectivity index (χ2n) is 5.14. The Morgan fingerprint density at radius 2 is 1.90 bits per heavy atom. The highest BCUT2D eigenvalue weighted by atomic mass is 16.3. The first kappa shape index (κ1) is 15.0. The molecule has 1 aromatic rings. The molecule has 5 heteroatoms. The largest absolute Gasteiger partial charge is 0.512 e. The number of hydrogen-bond donors (Lipinski definition) is 1. The Kier molecular flexibility index (Phi) is 4.52. The maximum atomic E-state index is 11.7. The van der Waals surface area contributed by atoms with Crippen LogP contribution in [0.4, 0.5) is 5.69 Å². The average Bonchev–Trinajstić information content (AvgIpc) is 2.46. The van der Waals surface area contributed by atoms with E-state index in [2.05, 4.69) is 4.99 Å². The lowest BCUT2D eigenvalue weighted by atomic mass is 9.97. The number of hydrogen-bond acceptors (Lipinski definition) is 4. The molecule has 0 atom stereocenters. The summed E-state index contributed by atoms with van der Waals surface area (Å²) in [6.07, 6.45) is 3.05. The van der Waals surface area contributed by atoms with Crippen LogP contribution in [0.25, 0.3) is 0 Å². The molecule has 0 unspecified atom stereocenters. The quantitative estimate of drug-likeness (QED) is 0.868. The smallest absolute Gasteiger partial charge is 0.253 e. The predicted octanol–water partition coefficient (Wildman–Crippen LogP) is 2.66. The highest BCUT2D eigenvalue weighted by Crippen LogP contribution is 2.20. The zero-order valence-corrected chi connectivity index (χ0v) is 12.2. The van der Waals surface area contributed by atoms with Gasteiger partial charge in [-0.25, -0.2) is 0 Å². The van der Waals surface area contributed by atoms with Crippen LogP contribution in [0.3, 0.4) is 0 Å². The van der Waals surface area contributed by atoms with Gasteiger partial charge in [0.1, 0.15) is 5.76 Å². The lowest BCUT2D eigenvalue weighted by Gasteiger charge is -2.11. The first-order chi connectivity index (χ1) is 9.99. The zero-order valence-electron chi connectivity index (χ0n) is 12.2. The van der Waals surface area contributed by atoms with E-state index in [1.165, 1.54) is 11.1 Å². The Hall–Kier alpha value is -2.43. The molecule has 1 N–H and O–H groups in total. The van der Waals surface area contributed by atoms with Gasteiger partial charge in [-0.2, -0.15) is 0 Å². The molecule has 1 amide bonds. The van der Waals surface area contributed by atoms with Crippen molar-refractivity contribution >= 4 is 23.6 Å². The molecule has 5 nitrogen and oxygen atoms in total. The van der Waals surface area contributed by atoms with Gasteiger partial charge in [-0.05, 0) is 30.7 Å². The predicted molar refractivity (Wildman–Crippen MR) is 81.1 cm³/mol. The second kappa shape index (κ2) is 6.35. The van der Waals surface area contributed by atoms with Crippen molar-refractivity contribution in [1.29, 1.82) is 0 Å². The number of aliphatic hydroxyl groups is 1. The lowest BCUT2D eigenvalue weighted by Crippen LogP contribution is -2.21. The minimum atomic E-state index is -0.0816. The Balaban J connectivity index is 2.15. The minimum Gasteiger partial charge on any atom is -0.512 e. The van der Waals surface area contributed by atoms with Crippen molar-refractivity contribution < 1.29 is 14.7 Å². The summed E-state index contributed by atoms with van der Waals surface area (Å²) >= 11 is 0. The monoisotopic (exact) mass is 286 g/mol. The molecule has 0 aliphatic heterocycles. The molecular weight excluding hydrogens is 268 g/mol. The number of carbonyl (C=O) groups excluding carboxylic acids is 2. The number of benzene rings is 1. The van der Waals surface area contributed by atoms with Gasteiger partial charge in [-0.3, -0.25) is 14.6 Å². The maximum absolute atomic E-state index is 11.7. The van der Waals surface area contributed by atoms with Gasteiger partial charge in [-0.15, -0.1) is 0 Å². The molecule has 0 radical (unpaired) electrons. The molecule has 21 heavy (non-hydrogen) atoms. The van der Waals surface area contributed by atoms with Crippen LogP contribution in [0.1, 0.15) is 29.6 Å². The summed E-state index contributed by atoms with van der Waals surface area (Å²) in [5, 5.41) is 9.71. The third-order valence-electron chi connectivity index (χ3n) is 3.29. The topological polar surface area (TPSA) is 70.0 Å². The number of allylic oxidation sites excluding steroid dienone is 2. The summed E-state index contributed by atoms with van der Waals surface area (Å²) in [6, 6.07) is 6.79. The van der Waals surface area contributed by atoms with Crippen molar-refractivity contribution in [3.8, 4) is 0 Å². The Morgan fingerprint density at radius 1 is 1.24 bits per heavy atom. The molecule has 0 spiro atoms. The van der Waals surface area contributed by atoms with Gasteiger partial charge in [0.2, 0.25) is 0 Å². The zero-order chi connectivity index (χ0) is 15.4. The number of aliphatic hydroxyl groups excluding tert-OH is 1. The van der Waals surface area contributed by atoms with Crippen LogP contribution in [0.2, 0.25) is 0 Å². The van der Waals surface area contributed by atoms with Crippen molar-refractivity contribution in [1.82, 2.24) is 4.90 Å². The molecule has 110 valence electrons. The molecule has 0 aromatic heterocycles. The number of amides is 1. The number of Topliss-reactive ketones (excluding diaryl/α,β-unsaturated/α-hetero) is 1. The van der Waals surface area contributed by atoms with Crippen LogP contribution >= 0.6 is 0 Å². The Labute approximate surface area is 123 Å². The lowest BCUT2D eigenvalue weighted by molar-refractivity contribution is -0.115. The summed E-state index contributed by atoms with van der Waals surface area (Å²) in [5.74, 6) is -0.0512. The number of aliphatic imine (C=N–C) groups is 1. The van der Waals surface area contributed by atoms with Crippen molar-refractivity contribution in [3.63, 3.8) is 0 Å². The van der Waals surface area contributed by atoms with Crippen LogP contribution in [0.5, 0.6) is 0 Å². The van der Waals surface area contributed by atoms with E-state index < -0.39 is 0 Å². The third kappa shape index (κ3) is 3.56. The van der Waals surface area contributed by atoms with Crippen molar-refractivity contribution in [2.24, 2.45) is 4.99 Å². The molecule has 1 aromatic carbocycles. The van der Waals surface area contributed by atoms with Crippen molar-refractivity contribution in [2.75, 3.05) is 14.1 Å². The summed E-state index contributed by atoms with van der Waals surface area (Å²) < 4.78 is 0. The van der Waals surface area contributed by atoms with E-state index in [0.29, 0.717) is 30.5 Å². The number of carbonyl (C=O) groups is 2. The number of rotatable bonds is 3. The van der Waals surface area contributed by atoms with E-state index in [1.807, 2.05) is 0 Å². The fraction of sp³-hybridized carbons (Fsp3) is 0.312. The highest BCUT2D eigenvalue weighted by Gasteiger charge is 2.18. The van der Waals surface area contributed by atoms with Crippen LogP contribution in [0.15, 0.2) is 40.6 Å². The van der Waals surface area contributed by atoms with E-state index in [4.69, 9.17) is 0 Å². The molecule has 1 aliphatic rings.